The Morgan fingerprint density at radius 1 is 1.47 bits per heavy atom. The summed E-state index contributed by atoms with van der Waals surface area (Å²) in [5.74, 6) is 0.259. The molecule has 90 valence electrons. The minimum Gasteiger partial charge on any atom is -0.449 e. The molecule has 2 aromatic rings. The lowest BCUT2D eigenvalue weighted by molar-refractivity contribution is 0.0772. The number of para-hydroxylation sites is 1. The molecule has 2 rings (SSSR count). The normalized spacial score (nSPS) is 10.8. The van der Waals surface area contributed by atoms with Crippen molar-refractivity contribution in [2.45, 2.75) is 13.8 Å². The molecule has 0 bridgehead atoms. The zero-order valence-corrected chi connectivity index (χ0v) is 10.8. The first-order valence-electron chi connectivity index (χ1n) is 5.49. The van der Waals surface area contributed by atoms with Gasteiger partial charge in [0.05, 0.1) is 5.02 Å². The topological polar surface area (TPSA) is 33.5 Å². The van der Waals surface area contributed by atoms with Gasteiger partial charge in [-0.05, 0) is 19.9 Å². The molecule has 0 radical (unpaired) electrons. The summed E-state index contributed by atoms with van der Waals surface area (Å²) in [5, 5.41) is 1.43. The van der Waals surface area contributed by atoms with Crippen LogP contribution in [0, 0.1) is 6.92 Å². The van der Waals surface area contributed by atoms with Gasteiger partial charge in [0.15, 0.2) is 11.3 Å². The summed E-state index contributed by atoms with van der Waals surface area (Å²) in [5.41, 5.74) is 1.42. The zero-order chi connectivity index (χ0) is 12.6. The summed E-state index contributed by atoms with van der Waals surface area (Å²) < 4.78 is 5.59. The highest BCUT2D eigenvalue weighted by Crippen LogP contribution is 2.31. The maximum absolute atomic E-state index is 12.1. The molecule has 0 fully saturated rings. The number of carbonyl (C=O) groups is 1. The third kappa shape index (κ3) is 1.91. The number of carbonyl (C=O) groups excluding carboxylic acids is 1. The molecule has 17 heavy (non-hydrogen) atoms. The molecule has 0 aliphatic carbocycles. The van der Waals surface area contributed by atoms with E-state index >= 15 is 0 Å². The lowest BCUT2D eigenvalue weighted by atomic mass is 10.1. The largest absolute Gasteiger partial charge is 0.449 e. The van der Waals surface area contributed by atoms with Crippen molar-refractivity contribution in [1.29, 1.82) is 0 Å². The van der Waals surface area contributed by atoms with E-state index in [9.17, 15) is 4.79 Å². The maximum Gasteiger partial charge on any atom is 0.289 e. The summed E-state index contributed by atoms with van der Waals surface area (Å²) in [4.78, 5) is 13.7. The minimum absolute atomic E-state index is 0.114. The van der Waals surface area contributed by atoms with Crippen molar-refractivity contribution in [3.05, 3.63) is 34.5 Å². The number of hydrogen-bond acceptors (Lipinski definition) is 2. The Kier molecular flexibility index (Phi) is 3.11. The number of furan rings is 1. The fraction of sp³-hybridized carbons (Fsp3) is 0.308. The van der Waals surface area contributed by atoms with Gasteiger partial charge < -0.3 is 9.32 Å². The maximum atomic E-state index is 12.1. The van der Waals surface area contributed by atoms with Crippen LogP contribution in [0.15, 0.2) is 22.6 Å². The number of nitrogens with zero attached hydrogens (tertiary/aromatic N) is 1. The second kappa shape index (κ2) is 4.41. The molecule has 4 heteroatoms. The van der Waals surface area contributed by atoms with E-state index in [1.807, 2.05) is 26.0 Å². The monoisotopic (exact) mass is 251 g/mol. The quantitative estimate of drug-likeness (QED) is 0.819. The predicted octanol–water partition coefficient (Wildman–Crippen LogP) is 3.49. The van der Waals surface area contributed by atoms with Crippen LogP contribution >= 0.6 is 11.6 Å². The van der Waals surface area contributed by atoms with Gasteiger partial charge in [-0.3, -0.25) is 4.79 Å². The molecule has 1 heterocycles. The van der Waals surface area contributed by atoms with Gasteiger partial charge in [0.2, 0.25) is 0 Å². The molecule has 0 aliphatic rings. The molecule has 0 saturated carbocycles. The first-order valence-corrected chi connectivity index (χ1v) is 5.87. The number of benzene rings is 1. The average Bonchev–Trinajstić information content (AvgIpc) is 2.67. The average molecular weight is 252 g/mol. The van der Waals surface area contributed by atoms with Crippen molar-refractivity contribution < 1.29 is 9.21 Å². The van der Waals surface area contributed by atoms with Crippen LogP contribution in [0.3, 0.4) is 0 Å². The Labute approximate surface area is 105 Å². The second-order valence-electron chi connectivity index (χ2n) is 3.99. The van der Waals surface area contributed by atoms with Gasteiger partial charge >= 0.3 is 0 Å². The van der Waals surface area contributed by atoms with Crippen molar-refractivity contribution in [3.63, 3.8) is 0 Å². The molecule has 0 atom stereocenters. The fourth-order valence-electron chi connectivity index (χ4n) is 1.73. The van der Waals surface area contributed by atoms with Gasteiger partial charge in [-0.1, -0.05) is 23.7 Å². The van der Waals surface area contributed by atoms with E-state index in [0.29, 0.717) is 22.9 Å². The Bertz CT molecular complexity index is 574. The molecule has 1 aromatic heterocycles. The molecule has 0 aliphatic heterocycles. The van der Waals surface area contributed by atoms with E-state index in [1.165, 1.54) is 0 Å². The van der Waals surface area contributed by atoms with Gasteiger partial charge in [-0.2, -0.15) is 0 Å². The summed E-state index contributed by atoms with van der Waals surface area (Å²) in [6, 6.07) is 5.51. The van der Waals surface area contributed by atoms with Gasteiger partial charge in [-0.25, -0.2) is 0 Å². The Morgan fingerprint density at radius 2 is 2.18 bits per heavy atom. The number of fused-ring (bicyclic) bond motifs is 1. The van der Waals surface area contributed by atoms with E-state index in [4.69, 9.17) is 16.0 Å². The number of hydrogen-bond donors (Lipinski definition) is 0. The van der Waals surface area contributed by atoms with Crippen molar-refractivity contribution in [1.82, 2.24) is 4.90 Å². The number of amides is 1. The molecule has 0 unspecified atom stereocenters. The first kappa shape index (κ1) is 12.0. The van der Waals surface area contributed by atoms with Crippen LogP contribution in [0.4, 0.5) is 0 Å². The van der Waals surface area contributed by atoms with Gasteiger partial charge in [0.25, 0.3) is 5.91 Å². The van der Waals surface area contributed by atoms with Crippen molar-refractivity contribution in [2.24, 2.45) is 0 Å². The lowest BCUT2D eigenvalue weighted by Gasteiger charge is -2.12. The smallest absolute Gasteiger partial charge is 0.289 e. The molecular formula is C13H14ClNO2. The standard InChI is InChI=1S/C13H14ClNO2/c1-4-15(3)13(16)11-8(2)9-6-5-7-10(14)12(9)17-11/h5-7H,4H2,1-3H3. The van der Waals surface area contributed by atoms with Crippen LogP contribution < -0.4 is 0 Å². The second-order valence-corrected chi connectivity index (χ2v) is 4.40. The van der Waals surface area contributed by atoms with Crippen molar-refractivity contribution in [2.75, 3.05) is 13.6 Å². The van der Waals surface area contributed by atoms with E-state index in [-0.39, 0.29) is 5.91 Å². The van der Waals surface area contributed by atoms with Crippen molar-refractivity contribution in [3.8, 4) is 0 Å². The van der Waals surface area contributed by atoms with Crippen LogP contribution in [-0.4, -0.2) is 24.4 Å². The Balaban J connectivity index is 2.60. The Morgan fingerprint density at radius 3 is 2.76 bits per heavy atom. The summed E-state index contributed by atoms with van der Waals surface area (Å²) >= 11 is 6.04. The zero-order valence-electron chi connectivity index (χ0n) is 10.1. The van der Waals surface area contributed by atoms with Crippen LogP contribution in [0.5, 0.6) is 0 Å². The number of aryl methyl sites for hydroxylation is 1. The minimum atomic E-state index is -0.114. The van der Waals surface area contributed by atoms with Gasteiger partial charge in [0, 0.05) is 24.5 Å². The third-order valence-electron chi connectivity index (χ3n) is 2.93. The van der Waals surface area contributed by atoms with Crippen LogP contribution in [0.1, 0.15) is 23.0 Å². The van der Waals surface area contributed by atoms with E-state index in [1.54, 1.807) is 18.0 Å². The molecular weight excluding hydrogens is 238 g/mol. The predicted molar refractivity (Wildman–Crippen MR) is 68.6 cm³/mol. The summed E-state index contributed by atoms with van der Waals surface area (Å²) in [6.45, 7) is 4.44. The van der Waals surface area contributed by atoms with E-state index in [2.05, 4.69) is 0 Å². The highest BCUT2D eigenvalue weighted by molar-refractivity contribution is 6.35. The van der Waals surface area contributed by atoms with Gasteiger partial charge in [0.1, 0.15) is 0 Å². The van der Waals surface area contributed by atoms with E-state index in [0.717, 1.165) is 10.9 Å². The highest BCUT2D eigenvalue weighted by Gasteiger charge is 2.20. The van der Waals surface area contributed by atoms with Gasteiger partial charge in [-0.15, -0.1) is 0 Å². The molecule has 0 N–H and O–H groups in total. The fourth-order valence-corrected chi connectivity index (χ4v) is 1.94. The van der Waals surface area contributed by atoms with Crippen LogP contribution in [0.25, 0.3) is 11.0 Å². The molecule has 1 aromatic carbocycles. The third-order valence-corrected chi connectivity index (χ3v) is 3.23. The molecule has 0 spiro atoms. The number of rotatable bonds is 2. The molecule has 0 saturated heterocycles. The van der Waals surface area contributed by atoms with Crippen LogP contribution in [-0.2, 0) is 0 Å². The highest BCUT2D eigenvalue weighted by atomic mass is 35.5. The summed E-state index contributed by atoms with van der Waals surface area (Å²) in [6.07, 6.45) is 0. The SMILES string of the molecule is CCN(C)C(=O)c1oc2c(Cl)cccc2c1C. The number of halogens is 1. The lowest BCUT2D eigenvalue weighted by Crippen LogP contribution is -2.26. The van der Waals surface area contributed by atoms with Crippen molar-refractivity contribution >= 4 is 28.5 Å². The van der Waals surface area contributed by atoms with E-state index < -0.39 is 0 Å². The summed E-state index contributed by atoms with van der Waals surface area (Å²) in [7, 11) is 1.75. The Hall–Kier alpha value is -1.48. The first-order chi connectivity index (χ1) is 8.06. The molecule has 1 amide bonds. The van der Waals surface area contributed by atoms with Crippen LogP contribution in [0.2, 0.25) is 5.02 Å². The molecule has 3 nitrogen and oxygen atoms in total.